The van der Waals surface area contributed by atoms with Crippen LogP contribution >= 0.6 is 22.9 Å². The second kappa shape index (κ2) is 5.98. The molecule has 0 fully saturated rings. The van der Waals surface area contributed by atoms with Gasteiger partial charge in [-0.2, -0.15) is 5.10 Å². The zero-order chi connectivity index (χ0) is 18.7. The van der Waals surface area contributed by atoms with Crippen LogP contribution in [0.4, 0.5) is 11.5 Å². The first-order valence-electron chi connectivity index (χ1n) is 8.86. The Hall–Kier alpha value is -3.03. The van der Waals surface area contributed by atoms with E-state index in [2.05, 4.69) is 48.2 Å². The van der Waals surface area contributed by atoms with Gasteiger partial charge < -0.3 is 4.90 Å². The molecule has 1 aliphatic heterocycles. The number of hydrogen-bond acceptors (Lipinski definition) is 6. The minimum Gasteiger partial charge on any atom is -0.325 e. The minimum atomic E-state index is 0.737. The second-order valence-electron chi connectivity index (χ2n) is 6.73. The fourth-order valence-electron chi connectivity index (χ4n) is 3.74. The molecule has 0 atom stereocenters. The standard InChI is InChI=1S/C20H13ClN6S/c21-14-2-1-11-3-4-27(16(11)6-14)19-15-7-17(28-20(15)24-10-23-19)12-5-13-9-25-26-18(13)22-8-12/h1-2,5-10H,3-4H2,(H,22,25,26). The third-order valence-corrected chi connectivity index (χ3v) is 6.41. The van der Waals surface area contributed by atoms with E-state index in [4.69, 9.17) is 11.6 Å². The molecule has 6 rings (SSSR count). The zero-order valence-electron chi connectivity index (χ0n) is 14.6. The van der Waals surface area contributed by atoms with E-state index < -0.39 is 0 Å². The highest BCUT2D eigenvalue weighted by Crippen LogP contribution is 2.41. The number of halogens is 1. The Morgan fingerprint density at radius 1 is 1.07 bits per heavy atom. The molecule has 4 aromatic heterocycles. The van der Waals surface area contributed by atoms with Gasteiger partial charge in [0.15, 0.2) is 5.65 Å². The summed E-state index contributed by atoms with van der Waals surface area (Å²) in [4.78, 5) is 17.9. The summed E-state index contributed by atoms with van der Waals surface area (Å²) in [5, 5.41) is 9.71. The third-order valence-electron chi connectivity index (χ3n) is 5.08. The minimum absolute atomic E-state index is 0.737. The third kappa shape index (κ3) is 2.40. The molecule has 0 unspecified atom stereocenters. The highest BCUT2D eigenvalue weighted by molar-refractivity contribution is 7.21. The molecule has 0 radical (unpaired) electrons. The quantitative estimate of drug-likeness (QED) is 0.449. The lowest BCUT2D eigenvalue weighted by Crippen LogP contribution is -2.15. The Labute approximate surface area is 168 Å². The number of H-pyrrole nitrogens is 1. The predicted octanol–water partition coefficient (Wildman–Crippen LogP) is 4.98. The monoisotopic (exact) mass is 404 g/mol. The van der Waals surface area contributed by atoms with Crippen molar-refractivity contribution in [3.05, 3.63) is 59.6 Å². The molecule has 0 amide bonds. The number of anilines is 2. The number of hydrogen-bond donors (Lipinski definition) is 1. The maximum Gasteiger partial charge on any atom is 0.155 e. The van der Waals surface area contributed by atoms with Crippen molar-refractivity contribution in [1.29, 1.82) is 0 Å². The Bertz CT molecular complexity index is 1360. The molecule has 136 valence electrons. The Kier molecular flexibility index (Phi) is 3.41. The smallest absolute Gasteiger partial charge is 0.155 e. The number of nitrogens with one attached hydrogen (secondary N) is 1. The number of nitrogens with zero attached hydrogens (tertiary/aromatic N) is 5. The Balaban J connectivity index is 1.50. The summed E-state index contributed by atoms with van der Waals surface area (Å²) in [7, 11) is 0. The van der Waals surface area contributed by atoms with Crippen LogP contribution in [-0.2, 0) is 6.42 Å². The van der Waals surface area contributed by atoms with Crippen LogP contribution in [0.25, 0.3) is 31.7 Å². The summed E-state index contributed by atoms with van der Waals surface area (Å²) in [6.07, 6.45) is 6.27. The summed E-state index contributed by atoms with van der Waals surface area (Å²) in [6.45, 7) is 0.884. The van der Waals surface area contributed by atoms with Gasteiger partial charge in [-0.25, -0.2) is 15.0 Å². The number of fused-ring (bicyclic) bond motifs is 3. The average molecular weight is 405 g/mol. The molecular formula is C20H13ClN6S. The molecule has 28 heavy (non-hydrogen) atoms. The number of rotatable bonds is 2. The van der Waals surface area contributed by atoms with E-state index in [1.54, 1.807) is 23.9 Å². The highest BCUT2D eigenvalue weighted by Gasteiger charge is 2.24. The van der Waals surface area contributed by atoms with Crippen molar-refractivity contribution in [1.82, 2.24) is 25.1 Å². The largest absolute Gasteiger partial charge is 0.325 e. The summed E-state index contributed by atoms with van der Waals surface area (Å²) in [6, 6.07) is 10.3. The SMILES string of the molecule is Clc1ccc2c(c1)N(c1ncnc3sc(-c4cnc5[nH]ncc5c4)cc13)CC2. The number of benzene rings is 1. The topological polar surface area (TPSA) is 70.6 Å². The van der Waals surface area contributed by atoms with Crippen molar-refractivity contribution in [2.45, 2.75) is 6.42 Å². The molecule has 1 N–H and O–H groups in total. The van der Waals surface area contributed by atoms with Crippen LogP contribution in [0.5, 0.6) is 0 Å². The van der Waals surface area contributed by atoms with E-state index in [-0.39, 0.29) is 0 Å². The van der Waals surface area contributed by atoms with E-state index in [0.717, 1.165) is 61.2 Å². The van der Waals surface area contributed by atoms with E-state index in [0.29, 0.717) is 0 Å². The van der Waals surface area contributed by atoms with Gasteiger partial charge in [0.2, 0.25) is 0 Å². The molecule has 1 aliphatic rings. The summed E-state index contributed by atoms with van der Waals surface area (Å²) in [5.74, 6) is 0.922. The molecule has 6 nitrogen and oxygen atoms in total. The van der Waals surface area contributed by atoms with Crippen molar-refractivity contribution in [3.63, 3.8) is 0 Å². The molecule has 5 heterocycles. The van der Waals surface area contributed by atoms with Gasteiger partial charge in [-0.15, -0.1) is 11.3 Å². The molecule has 5 aromatic rings. The molecule has 0 bridgehead atoms. The molecule has 8 heteroatoms. The van der Waals surface area contributed by atoms with E-state index in [1.165, 1.54) is 5.56 Å². The van der Waals surface area contributed by atoms with Crippen LogP contribution in [0.3, 0.4) is 0 Å². The zero-order valence-corrected chi connectivity index (χ0v) is 16.1. The fourth-order valence-corrected chi connectivity index (χ4v) is 4.89. The van der Waals surface area contributed by atoms with Gasteiger partial charge in [-0.1, -0.05) is 17.7 Å². The second-order valence-corrected chi connectivity index (χ2v) is 8.20. The number of aromatic nitrogens is 5. The van der Waals surface area contributed by atoms with Gasteiger partial charge in [0.1, 0.15) is 17.0 Å². The van der Waals surface area contributed by atoms with Crippen LogP contribution in [-0.4, -0.2) is 31.7 Å². The van der Waals surface area contributed by atoms with Gasteiger partial charge in [-0.05, 0) is 36.2 Å². The van der Waals surface area contributed by atoms with Crippen LogP contribution < -0.4 is 4.90 Å². The fraction of sp³-hybridized carbons (Fsp3) is 0.100. The first kappa shape index (κ1) is 16.0. The van der Waals surface area contributed by atoms with Gasteiger partial charge in [0, 0.05) is 39.3 Å². The number of aromatic amines is 1. The van der Waals surface area contributed by atoms with Crippen LogP contribution in [0.1, 0.15) is 5.56 Å². The van der Waals surface area contributed by atoms with Gasteiger partial charge >= 0.3 is 0 Å². The Morgan fingerprint density at radius 3 is 3.00 bits per heavy atom. The first-order chi connectivity index (χ1) is 13.8. The maximum atomic E-state index is 6.24. The molecule has 1 aromatic carbocycles. The van der Waals surface area contributed by atoms with Gasteiger partial charge in [0.05, 0.1) is 11.6 Å². The molecule has 0 saturated carbocycles. The van der Waals surface area contributed by atoms with Crippen molar-refractivity contribution in [3.8, 4) is 10.4 Å². The van der Waals surface area contributed by atoms with E-state index >= 15 is 0 Å². The lowest BCUT2D eigenvalue weighted by molar-refractivity contribution is 0.975. The van der Waals surface area contributed by atoms with Gasteiger partial charge in [-0.3, -0.25) is 5.10 Å². The normalized spacial score (nSPS) is 13.5. The van der Waals surface area contributed by atoms with Crippen molar-refractivity contribution < 1.29 is 0 Å². The lowest BCUT2D eigenvalue weighted by atomic mass is 10.2. The number of thiophene rings is 1. The number of pyridine rings is 1. The van der Waals surface area contributed by atoms with Crippen molar-refractivity contribution in [2.24, 2.45) is 0 Å². The van der Waals surface area contributed by atoms with Crippen LogP contribution in [0.15, 0.2) is 49.1 Å². The average Bonchev–Trinajstić information content (AvgIpc) is 3.44. The summed E-state index contributed by atoms with van der Waals surface area (Å²) in [5.41, 5.74) is 4.26. The van der Waals surface area contributed by atoms with Crippen molar-refractivity contribution in [2.75, 3.05) is 11.4 Å². The lowest BCUT2D eigenvalue weighted by Gasteiger charge is -2.19. The molecule has 0 aliphatic carbocycles. The molecular weight excluding hydrogens is 392 g/mol. The summed E-state index contributed by atoms with van der Waals surface area (Å²) < 4.78 is 0. The summed E-state index contributed by atoms with van der Waals surface area (Å²) >= 11 is 7.89. The molecule has 0 spiro atoms. The van der Waals surface area contributed by atoms with Crippen LogP contribution in [0, 0.1) is 0 Å². The van der Waals surface area contributed by atoms with E-state index in [1.807, 2.05) is 18.3 Å². The first-order valence-corrected chi connectivity index (χ1v) is 10.1. The Morgan fingerprint density at radius 2 is 2.04 bits per heavy atom. The predicted molar refractivity (Wildman–Crippen MR) is 112 cm³/mol. The molecule has 0 saturated heterocycles. The van der Waals surface area contributed by atoms with Gasteiger partial charge in [0.25, 0.3) is 0 Å². The van der Waals surface area contributed by atoms with Crippen molar-refractivity contribution >= 4 is 55.7 Å². The maximum absolute atomic E-state index is 6.24. The van der Waals surface area contributed by atoms with Crippen LogP contribution in [0.2, 0.25) is 5.02 Å². The van der Waals surface area contributed by atoms with E-state index in [9.17, 15) is 0 Å². The highest BCUT2D eigenvalue weighted by atomic mass is 35.5.